The van der Waals surface area contributed by atoms with Gasteiger partial charge in [-0.05, 0) is 194 Å². The number of hydrogen-bond donors (Lipinski definition) is 0. The normalized spacial score (nSPS) is 12.1. The van der Waals surface area contributed by atoms with Gasteiger partial charge in [0.2, 0.25) is 5.75 Å². The van der Waals surface area contributed by atoms with E-state index in [-0.39, 0.29) is 47.1 Å². The summed E-state index contributed by atoms with van der Waals surface area (Å²) in [7, 11) is 2.93. The van der Waals surface area contributed by atoms with Crippen molar-refractivity contribution in [3.63, 3.8) is 0 Å². The van der Waals surface area contributed by atoms with E-state index < -0.39 is 33.0 Å². The summed E-state index contributed by atoms with van der Waals surface area (Å²) in [6.07, 6.45) is 7.80. The number of allylic oxidation sites excluding steroid dienone is 3. The van der Waals surface area contributed by atoms with Gasteiger partial charge in [0.1, 0.15) is 23.0 Å². The molecule has 398 valence electrons. The standard InChI is InChI=1S/C33H42O6.C28H34O7/c1-12-33(10,11)25-19-23(27(37-21(2)3)20-28(25)39-30(36)32(7,8)9)15-18-26(34)22-13-16-24(17-14-22)38-29(35)31(4,5)6;1-17-16-19(23(32-8)24(33-9)22(17)35-26(31)28(5,6)7)12-15-21(29)18-10-13-20(14-11-18)34-25(30)27(2,3)4/h12-21H,1H2,2-11H3;10-16H,1-9H3. The van der Waals surface area contributed by atoms with Crippen molar-refractivity contribution in [2.75, 3.05) is 14.2 Å². The molecule has 0 saturated carbocycles. The number of rotatable bonds is 16. The summed E-state index contributed by atoms with van der Waals surface area (Å²) in [6.45, 7) is 34.8. The first-order chi connectivity index (χ1) is 34.0. The molecule has 0 saturated heterocycles. The molecule has 4 rings (SSSR count). The maximum absolute atomic E-state index is 13.0. The highest BCUT2D eigenvalue weighted by Gasteiger charge is 2.31. The second kappa shape index (κ2) is 24.6. The predicted molar refractivity (Wildman–Crippen MR) is 290 cm³/mol. The lowest BCUT2D eigenvalue weighted by molar-refractivity contribution is -0.143. The fraction of sp³-hybridized carbons (Fsp3) is 0.410. The first-order valence-corrected chi connectivity index (χ1v) is 24.3. The Hall–Kier alpha value is -7.28. The lowest BCUT2D eigenvalue weighted by Crippen LogP contribution is -2.27. The van der Waals surface area contributed by atoms with Gasteiger partial charge in [0, 0.05) is 39.3 Å². The van der Waals surface area contributed by atoms with Gasteiger partial charge in [0.15, 0.2) is 23.1 Å². The van der Waals surface area contributed by atoms with Crippen molar-refractivity contribution in [2.45, 2.75) is 129 Å². The van der Waals surface area contributed by atoms with Crippen LogP contribution in [0.2, 0.25) is 0 Å². The van der Waals surface area contributed by atoms with Crippen LogP contribution in [0.25, 0.3) is 12.2 Å². The minimum atomic E-state index is -0.698. The molecular weight excluding hydrogens is 941 g/mol. The van der Waals surface area contributed by atoms with E-state index in [1.54, 1.807) is 169 Å². The van der Waals surface area contributed by atoms with Crippen LogP contribution in [0.3, 0.4) is 0 Å². The third-order valence-electron chi connectivity index (χ3n) is 10.9. The first-order valence-electron chi connectivity index (χ1n) is 24.3. The van der Waals surface area contributed by atoms with Gasteiger partial charge in [-0.1, -0.05) is 19.9 Å². The number of hydrogen-bond acceptors (Lipinski definition) is 13. The van der Waals surface area contributed by atoms with Crippen molar-refractivity contribution in [1.29, 1.82) is 0 Å². The second-order valence-corrected chi connectivity index (χ2v) is 22.7. The van der Waals surface area contributed by atoms with Crippen LogP contribution in [-0.4, -0.2) is 55.8 Å². The van der Waals surface area contributed by atoms with Crippen molar-refractivity contribution in [2.24, 2.45) is 21.7 Å². The molecule has 0 radical (unpaired) electrons. The Morgan fingerprint density at radius 3 is 1.26 bits per heavy atom. The molecule has 4 aromatic carbocycles. The zero-order chi connectivity index (χ0) is 56.3. The largest absolute Gasteiger partial charge is 0.492 e. The summed E-state index contributed by atoms with van der Waals surface area (Å²) in [5, 5.41) is 0. The predicted octanol–water partition coefficient (Wildman–Crippen LogP) is 13.5. The van der Waals surface area contributed by atoms with Gasteiger partial charge >= 0.3 is 23.9 Å². The van der Waals surface area contributed by atoms with Crippen LogP contribution in [0.5, 0.6) is 40.2 Å². The Labute approximate surface area is 438 Å². The smallest absolute Gasteiger partial charge is 0.316 e. The molecule has 4 aromatic rings. The van der Waals surface area contributed by atoms with E-state index >= 15 is 0 Å². The SMILES string of the molecule is C=CC(C)(C)c1cc(C=CC(=O)c2ccc(OC(=O)C(C)(C)C)cc2)c(OC(C)C)cc1OC(=O)C(C)(C)C.COc1c(C=CC(=O)c2ccc(OC(=O)C(C)(C)C)cc2)cc(C)c(OC(=O)C(C)(C)C)c1OC. The van der Waals surface area contributed by atoms with Crippen LogP contribution in [0, 0.1) is 28.6 Å². The van der Waals surface area contributed by atoms with Crippen LogP contribution < -0.4 is 33.2 Å². The second-order valence-electron chi connectivity index (χ2n) is 22.7. The highest BCUT2D eigenvalue weighted by molar-refractivity contribution is 6.08. The van der Waals surface area contributed by atoms with Gasteiger partial charge in [0.05, 0.1) is 42.0 Å². The lowest BCUT2D eigenvalue weighted by Gasteiger charge is -2.27. The highest BCUT2D eigenvalue weighted by atomic mass is 16.6. The number of aryl methyl sites for hydroxylation is 1. The molecule has 0 aliphatic carbocycles. The Bertz CT molecular complexity index is 2760. The minimum Gasteiger partial charge on any atom is -0.492 e. The number of esters is 4. The summed E-state index contributed by atoms with van der Waals surface area (Å²) in [4.78, 5) is 75.1. The average molecular weight is 1020 g/mol. The van der Waals surface area contributed by atoms with E-state index in [1.165, 1.54) is 26.4 Å². The van der Waals surface area contributed by atoms with Gasteiger partial charge in [-0.3, -0.25) is 28.8 Å². The van der Waals surface area contributed by atoms with Gasteiger partial charge in [-0.25, -0.2) is 0 Å². The van der Waals surface area contributed by atoms with Gasteiger partial charge in [-0.2, -0.15) is 0 Å². The molecule has 0 bridgehead atoms. The van der Waals surface area contributed by atoms with Crippen molar-refractivity contribution in [3.8, 4) is 40.2 Å². The summed E-state index contributed by atoms with van der Waals surface area (Å²) < 4.78 is 39.2. The highest BCUT2D eigenvalue weighted by Crippen LogP contribution is 2.44. The first kappa shape index (κ1) is 61.0. The molecule has 0 aromatic heterocycles. The number of ether oxygens (including phenoxy) is 7. The molecule has 0 heterocycles. The monoisotopic (exact) mass is 1020 g/mol. The van der Waals surface area contributed by atoms with E-state index in [0.717, 1.165) is 5.56 Å². The summed E-state index contributed by atoms with van der Waals surface area (Å²) in [5.41, 5.74) is 0.317. The van der Waals surface area contributed by atoms with Crippen LogP contribution in [0.4, 0.5) is 0 Å². The van der Waals surface area contributed by atoms with Gasteiger partial charge in [0.25, 0.3) is 0 Å². The number of carbonyl (C=O) groups excluding carboxylic acids is 6. The van der Waals surface area contributed by atoms with E-state index in [1.807, 2.05) is 33.8 Å². The Balaban J connectivity index is 0.000000393. The summed E-state index contributed by atoms with van der Waals surface area (Å²) >= 11 is 0. The van der Waals surface area contributed by atoms with Gasteiger partial charge < -0.3 is 33.2 Å². The average Bonchev–Trinajstić information content (AvgIpc) is 3.29. The van der Waals surface area contributed by atoms with Crippen molar-refractivity contribution < 1.29 is 61.9 Å². The third kappa shape index (κ3) is 17.2. The molecular formula is C61H76O13. The molecule has 0 amide bonds. The van der Waals surface area contributed by atoms with Crippen LogP contribution in [-0.2, 0) is 24.6 Å². The van der Waals surface area contributed by atoms with Crippen molar-refractivity contribution in [3.05, 3.63) is 125 Å². The maximum atomic E-state index is 13.0. The molecule has 0 N–H and O–H groups in total. The molecule has 0 atom stereocenters. The topological polar surface area (TPSA) is 167 Å². The van der Waals surface area contributed by atoms with E-state index in [4.69, 9.17) is 33.2 Å². The molecule has 74 heavy (non-hydrogen) atoms. The molecule has 0 fully saturated rings. The molecule has 0 unspecified atom stereocenters. The maximum Gasteiger partial charge on any atom is 0.316 e. The van der Waals surface area contributed by atoms with E-state index in [9.17, 15) is 28.8 Å². The number of ketones is 2. The molecule has 0 spiro atoms. The van der Waals surface area contributed by atoms with Gasteiger partial charge in [-0.15, -0.1) is 6.58 Å². The quantitative estimate of drug-likeness (QED) is 0.0342. The zero-order valence-corrected chi connectivity index (χ0v) is 46.8. The Kier molecular flexibility index (Phi) is 20.3. The summed E-state index contributed by atoms with van der Waals surface area (Å²) in [6, 6.07) is 18.1. The fourth-order valence-corrected chi connectivity index (χ4v) is 6.10. The third-order valence-corrected chi connectivity index (χ3v) is 10.9. The minimum absolute atomic E-state index is 0.152. The fourth-order valence-electron chi connectivity index (χ4n) is 6.10. The van der Waals surface area contributed by atoms with Crippen molar-refractivity contribution >= 4 is 47.6 Å². The van der Waals surface area contributed by atoms with Crippen molar-refractivity contribution in [1.82, 2.24) is 0 Å². The Morgan fingerprint density at radius 1 is 0.486 bits per heavy atom. The number of carbonyl (C=O) groups is 6. The zero-order valence-electron chi connectivity index (χ0n) is 46.8. The van der Waals surface area contributed by atoms with Crippen LogP contribution in [0.15, 0.2) is 91.5 Å². The molecule has 0 aliphatic rings. The number of methoxy groups -OCH3 is 2. The summed E-state index contributed by atoms with van der Waals surface area (Å²) in [5.74, 6) is 0.529. The van der Waals surface area contributed by atoms with E-state index in [0.29, 0.717) is 56.6 Å². The van der Waals surface area contributed by atoms with Crippen LogP contribution >= 0.6 is 0 Å². The molecule has 0 aliphatic heterocycles. The molecule has 13 heteroatoms. The van der Waals surface area contributed by atoms with Crippen LogP contribution in [0.1, 0.15) is 154 Å². The Morgan fingerprint density at radius 2 is 0.878 bits per heavy atom. The number of benzene rings is 4. The lowest BCUT2D eigenvalue weighted by atomic mass is 9.83. The van der Waals surface area contributed by atoms with E-state index in [2.05, 4.69) is 6.58 Å². The molecule has 13 nitrogen and oxygen atoms in total.